The van der Waals surface area contributed by atoms with Crippen LogP contribution in [0.25, 0.3) is 6.08 Å². The van der Waals surface area contributed by atoms with Crippen LogP contribution in [0.4, 0.5) is 23.7 Å². The topological polar surface area (TPSA) is 130 Å². The van der Waals surface area contributed by atoms with Crippen molar-refractivity contribution in [3.63, 3.8) is 0 Å². The number of imide groups is 2. The number of carbonyl (C=O) groups is 4. The number of amides is 4. The first kappa shape index (κ1) is 31.4. The molecule has 4 rings (SSSR count). The van der Waals surface area contributed by atoms with E-state index in [1.165, 1.54) is 51.7 Å². The van der Waals surface area contributed by atoms with E-state index in [1.807, 2.05) is 5.32 Å². The van der Waals surface area contributed by atoms with Crippen LogP contribution in [-0.2, 0) is 15.8 Å². The number of esters is 1. The van der Waals surface area contributed by atoms with E-state index < -0.39 is 41.1 Å². The zero-order chi connectivity index (χ0) is 32.2. The summed E-state index contributed by atoms with van der Waals surface area (Å²) in [6.07, 6.45) is -3.61. The predicted octanol–water partition coefficient (Wildman–Crippen LogP) is 5.02. The zero-order valence-electron chi connectivity index (χ0n) is 23.7. The Labute approximate surface area is 248 Å². The highest BCUT2D eigenvalue weighted by Gasteiger charge is 2.38. The normalized spacial score (nSPS) is 14.3. The summed E-state index contributed by atoms with van der Waals surface area (Å²) >= 11 is 0. The number of hydrogen-bond donors (Lipinski definition) is 1. The Morgan fingerprint density at radius 1 is 0.886 bits per heavy atom. The molecule has 0 aromatic heterocycles. The first-order valence-electron chi connectivity index (χ1n) is 12.8. The van der Waals surface area contributed by atoms with Crippen LogP contribution in [0.2, 0.25) is 0 Å². The van der Waals surface area contributed by atoms with Crippen LogP contribution in [0.15, 0.2) is 60.2 Å². The third kappa shape index (κ3) is 6.43. The van der Waals surface area contributed by atoms with Crippen molar-refractivity contribution >= 4 is 35.6 Å². The largest absolute Gasteiger partial charge is 0.493 e. The number of alkyl halides is 3. The standard InChI is InChI=1S/C30H25F3N2O9/c1-5-43-22-12-16(9-10-21(22)44-28(38)17-13-23(40-2)25(42-4)24(14-17)41-3)11-20-26(36)34-29(39)35(27(20)37)19-8-6-7-18(15-19)30(31,32)33/h6-15H,5H2,1-4H3,(H,34,36,39)/b20-11+. The number of barbiturate groups is 1. The van der Waals surface area contributed by atoms with Gasteiger partial charge in [0.25, 0.3) is 11.8 Å². The Hall–Kier alpha value is -5.53. The molecule has 0 bridgehead atoms. The molecule has 11 nitrogen and oxygen atoms in total. The summed E-state index contributed by atoms with van der Waals surface area (Å²) in [5.41, 5.74) is -1.72. The Kier molecular flexibility index (Phi) is 9.12. The van der Waals surface area contributed by atoms with E-state index in [9.17, 15) is 32.3 Å². The van der Waals surface area contributed by atoms with Crippen molar-refractivity contribution in [3.8, 4) is 28.7 Å². The number of nitrogens with zero attached hydrogens (tertiary/aromatic N) is 1. The van der Waals surface area contributed by atoms with Crippen LogP contribution in [0, 0.1) is 0 Å². The maximum Gasteiger partial charge on any atom is 0.416 e. The molecule has 1 heterocycles. The summed E-state index contributed by atoms with van der Waals surface area (Å²) in [6, 6.07) is 9.28. The smallest absolute Gasteiger partial charge is 0.416 e. The third-order valence-electron chi connectivity index (χ3n) is 6.22. The second kappa shape index (κ2) is 12.8. The lowest BCUT2D eigenvalue weighted by Crippen LogP contribution is -2.54. The number of rotatable bonds is 9. The molecule has 0 radical (unpaired) electrons. The van der Waals surface area contributed by atoms with E-state index in [0.717, 1.165) is 24.3 Å². The Balaban J connectivity index is 1.66. The van der Waals surface area contributed by atoms with Gasteiger partial charge in [-0.1, -0.05) is 12.1 Å². The van der Waals surface area contributed by atoms with Gasteiger partial charge in [-0.3, -0.25) is 14.9 Å². The van der Waals surface area contributed by atoms with E-state index in [2.05, 4.69) is 0 Å². The van der Waals surface area contributed by atoms with E-state index in [0.29, 0.717) is 11.0 Å². The van der Waals surface area contributed by atoms with Crippen LogP contribution in [0.3, 0.4) is 0 Å². The number of carbonyl (C=O) groups excluding carboxylic acids is 4. The number of halogens is 3. The van der Waals surface area contributed by atoms with Gasteiger partial charge in [-0.2, -0.15) is 13.2 Å². The minimum Gasteiger partial charge on any atom is -0.493 e. The van der Waals surface area contributed by atoms with Crippen LogP contribution in [-0.4, -0.2) is 51.8 Å². The fourth-order valence-electron chi connectivity index (χ4n) is 4.20. The lowest BCUT2D eigenvalue weighted by Gasteiger charge is -2.27. The summed E-state index contributed by atoms with van der Waals surface area (Å²) in [6.45, 7) is 1.82. The monoisotopic (exact) mass is 614 g/mol. The van der Waals surface area contributed by atoms with E-state index in [-0.39, 0.29) is 52.2 Å². The maximum atomic E-state index is 13.2. The van der Waals surface area contributed by atoms with Crippen LogP contribution < -0.4 is 33.9 Å². The second-order valence-corrected chi connectivity index (χ2v) is 8.95. The molecule has 3 aromatic carbocycles. The zero-order valence-corrected chi connectivity index (χ0v) is 23.7. The minimum atomic E-state index is -4.73. The average Bonchev–Trinajstić information content (AvgIpc) is 2.99. The van der Waals surface area contributed by atoms with Crippen molar-refractivity contribution in [2.45, 2.75) is 13.1 Å². The minimum absolute atomic E-state index is 0.00653. The average molecular weight is 615 g/mol. The molecule has 0 spiro atoms. The van der Waals surface area contributed by atoms with Gasteiger partial charge in [-0.15, -0.1) is 0 Å². The Morgan fingerprint density at radius 2 is 1.57 bits per heavy atom. The summed E-state index contributed by atoms with van der Waals surface area (Å²) < 4.78 is 66.7. The lowest BCUT2D eigenvalue weighted by molar-refractivity contribution is -0.137. The fourth-order valence-corrected chi connectivity index (χ4v) is 4.20. The highest BCUT2D eigenvalue weighted by molar-refractivity contribution is 6.39. The van der Waals surface area contributed by atoms with Gasteiger partial charge in [0.1, 0.15) is 5.57 Å². The molecule has 0 saturated carbocycles. The Bertz CT molecular complexity index is 1640. The van der Waals surface area contributed by atoms with Gasteiger partial charge in [0.15, 0.2) is 23.0 Å². The molecular formula is C30H25F3N2O9. The fraction of sp³-hybridized carbons (Fsp3) is 0.200. The molecule has 0 unspecified atom stereocenters. The van der Waals surface area contributed by atoms with Gasteiger partial charge in [-0.05, 0) is 61.0 Å². The van der Waals surface area contributed by atoms with Crippen molar-refractivity contribution in [2.75, 3.05) is 32.8 Å². The predicted molar refractivity (Wildman–Crippen MR) is 149 cm³/mol. The number of anilines is 1. The van der Waals surface area contributed by atoms with Gasteiger partial charge < -0.3 is 23.7 Å². The van der Waals surface area contributed by atoms with Gasteiger partial charge in [0.2, 0.25) is 5.75 Å². The van der Waals surface area contributed by atoms with Crippen LogP contribution >= 0.6 is 0 Å². The van der Waals surface area contributed by atoms with Gasteiger partial charge in [0.05, 0.1) is 44.8 Å². The highest BCUT2D eigenvalue weighted by Crippen LogP contribution is 2.39. The quantitative estimate of drug-likeness (QED) is 0.153. The summed E-state index contributed by atoms with van der Waals surface area (Å²) in [7, 11) is 4.19. The molecule has 44 heavy (non-hydrogen) atoms. The third-order valence-corrected chi connectivity index (χ3v) is 6.22. The molecule has 1 saturated heterocycles. The number of methoxy groups -OCH3 is 3. The molecule has 1 aliphatic rings. The molecule has 230 valence electrons. The summed E-state index contributed by atoms with van der Waals surface area (Å²) in [5, 5.41) is 1.96. The molecule has 0 aliphatic carbocycles. The van der Waals surface area contributed by atoms with E-state index in [4.69, 9.17) is 23.7 Å². The van der Waals surface area contributed by atoms with Gasteiger partial charge in [0, 0.05) is 0 Å². The number of benzene rings is 3. The van der Waals surface area contributed by atoms with E-state index >= 15 is 0 Å². The Morgan fingerprint density at radius 3 is 2.16 bits per heavy atom. The molecule has 14 heteroatoms. The molecule has 1 N–H and O–H groups in total. The molecule has 3 aromatic rings. The van der Waals surface area contributed by atoms with Crippen molar-refractivity contribution in [1.29, 1.82) is 0 Å². The number of hydrogen-bond acceptors (Lipinski definition) is 9. The molecule has 1 aliphatic heterocycles. The summed E-state index contributed by atoms with van der Waals surface area (Å²) in [4.78, 5) is 51.7. The van der Waals surface area contributed by atoms with E-state index in [1.54, 1.807) is 6.92 Å². The molecule has 0 atom stereocenters. The summed E-state index contributed by atoms with van der Waals surface area (Å²) in [5.74, 6) is -2.22. The van der Waals surface area contributed by atoms with Crippen molar-refractivity contribution < 1.29 is 56.0 Å². The van der Waals surface area contributed by atoms with Gasteiger partial charge in [-0.25, -0.2) is 14.5 Å². The second-order valence-electron chi connectivity index (χ2n) is 8.95. The lowest BCUT2D eigenvalue weighted by atomic mass is 10.1. The number of ether oxygens (including phenoxy) is 5. The number of urea groups is 1. The number of nitrogens with one attached hydrogen (secondary N) is 1. The SMILES string of the molecule is CCOc1cc(/C=C2\C(=O)NC(=O)N(c3cccc(C(F)(F)F)c3)C2=O)ccc1OC(=O)c1cc(OC)c(OC)c(OC)c1. The van der Waals surface area contributed by atoms with Crippen LogP contribution in [0.5, 0.6) is 28.7 Å². The van der Waals surface area contributed by atoms with Crippen molar-refractivity contribution in [1.82, 2.24) is 5.32 Å². The first-order chi connectivity index (χ1) is 20.9. The molecule has 4 amide bonds. The molecular weight excluding hydrogens is 589 g/mol. The van der Waals surface area contributed by atoms with Crippen molar-refractivity contribution in [3.05, 3.63) is 76.9 Å². The maximum absolute atomic E-state index is 13.2. The highest BCUT2D eigenvalue weighted by atomic mass is 19.4. The first-order valence-corrected chi connectivity index (χ1v) is 12.8. The van der Waals surface area contributed by atoms with Crippen LogP contribution in [0.1, 0.15) is 28.4 Å². The van der Waals surface area contributed by atoms with Gasteiger partial charge >= 0.3 is 18.2 Å². The van der Waals surface area contributed by atoms with Crippen molar-refractivity contribution in [2.24, 2.45) is 0 Å². The molecule has 1 fully saturated rings.